The van der Waals surface area contributed by atoms with Crippen LogP contribution < -0.4 is 31.1 Å². The summed E-state index contributed by atoms with van der Waals surface area (Å²) < 4.78 is 0. The highest BCUT2D eigenvalue weighted by molar-refractivity contribution is 7.99. The molecule has 5 heterocycles. The van der Waals surface area contributed by atoms with E-state index in [9.17, 15) is 0 Å². The van der Waals surface area contributed by atoms with Gasteiger partial charge in [-0.25, -0.2) is 0 Å². The van der Waals surface area contributed by atoms with Crippen molar-refractivity contribution < 1.29 is 0 Å². The van der Waals surface area contributed by atoms with Crippen LogP contribution in [0, 0.1) is 0 Å². The van der Waals surface area contributed by atoms with E-state index in [1.165, 1.54) is 99.6 Å². The Labute approximate surface area is 315 Å². The minimum absolute atomic E-state index is 0.0880. The van der Waals surface area contributed by atoms with Crippen molar-refractivity contribution in [2.75, 3.05) is 14.7 Å². The van der Waals surface area contributed by atoms with Gasteiger partial charge >= 0.3 is 0 Å². The number of para-hydroxylation sites is 6. The van der Waals surface area contributed by atoms with Gasteiger partial charge in [0.1, 0.15) is 0 Å². The fourth-order valence-corrected chi connectivity index (χ4v) is 11.4. The van der Waals surface area contributed by atoms with E-state index in [0.717, 1.165) is 0 Å². The number of fused-ring (bicyclic) bond motifs is 10. The van der Waals surface area contributed by atoms with E-state index < -0.39 is 0 Å². The Balaban J connectivity index is 1.25. The Morgan fingerprint density at radius 1 is 0.415 bits per heavy atom. The van der Waals surface area contributed by atoms with E-state index in [-0.39, 0.29) is 17.5 Å². The summed E-state index contributed by atoms with van der Waals surface area (Å²) >= 11 is 1.86. The largest absolute Gasteiger partial charge is 0.311 e. The molecule has 0 saturated heterocycles. The van der Waals surface area contributed by atoms with Crippen LogP contribution in [0.1, 0.15) is 49.9 Å². The average Bonchev–Trinajstić information content (AvgIpc) is 3.18. The van der Waals surface area contributed by atoms with Crippen LogP contribution in [0.2, 0.25) is 0 Å². The molecular formula is C48H36BN3S. The lowest BCUT2D eigenvalue weighted by atomic mass is 9.32. The van der Waals surface area contributed by atoms with Crippen molar-refractivity contribution in [2.45, 2.75) is 48.3 Å². The highest BCUT2D eigenvalue weighted by atomic mass is 32.2. The fraction of sp³-hybridized carbons (Fsp3) is 0.125. The topological polar surface area (TPSA) is 9.72 Å². The molecule has 0 bridgehead atoms. The van der Waals surface area contributed by atoms with Crippen molar-refractivity contribution in [1.82, 2.24) is 0 Å². The molecule has 0 fully saturated rings. The van der Waals surface area contributed by atoms with E-state index in [4.69, 9.17) is 0 Å². The molecule has 5 aliphatic rings. The maximum atomic E-state index is 2.62. The third kappa shape index (κ3) is 3.64. The highest BCUT2D eigenvalue weighted by Gasteiger charge is 2.51. The molecule has 0 spiro atoms. The van der Waals surface area contributed by atoms with E-state index in [1.54, 1.807) is 0 Å². The molecule has 7 aromatic rings. The van der Waals surface area contributed by atoms with Gasteiger partial charge in [0.25, 0.3) is 6.71 Å². The molecule has 5 aliphatic heterocycles. The molecule has 3 nitrogen and oxygen atoms in total. The van der Waals surface area contributed by atoms with Gasteiger partial charge in [-0.3, -0.25) is 0 Å². The summed E-state index contributed by atoms with van der Waals surface area (Å²) in [4.78, 5) is 10.3. The van der Waals surface area contributed by atoms with Crippen LogP contribution >= 0.6 is 11.8 Å². The van der Waals surface area contributed by atoms with Crippen molar-refractivity contribution in [1.29, 1.82) is 0 Å². The highest BCUT2D eigenvalue weighted by Crippen LogP contribution is 2.59. The molecule has 0 radical (unpaired) electrons. The lowest BCUT2D eigenvalue weighted by Crippen LogP contribution is -2.63. The fourth-order valence-electron chi connectivity index (χ4n) is 10.4. The Morgan fingerprint density at radius 3 is 1.32 bits per heavy atom. The van der Waals surface area contributed by atoms with Crippen LogP contribution in [-0.2, 0) is 10.8 Å². The van der Waals surface area contributed by atoms with Gasteiger partial charge in [-0.2, -0.15) is 0 Å². The second-order valence-corrected chi connectivity index (χ2v) is 17.2. The normalized spacial score (nSPS) is 16.8. The standard InChI is InChI=1S/C48H36BN3S/c1-47(2)30-15-5-7-21-36(30)51-40-27-29(50-38-23-9-11-25-42(38)53-43-26-12-10-24-39(43)50)28-41-44(40)49(34-19-13-17-32(47)45(34)51)35-20-14-18-33-46(35)52(41)37-22-8-6-16-31(37)48(33,3)4/h5-28H,1-4H3. The van der Waals surface area contributed by atoms with Crippen LogP contribution in [0.5, 0.6) is 0 Å². The summed E-state index contributed by atoms with van der Waals surface area (Å²) in [6.45, 7) is 9.71. The van der Waals surface area contributed by atoms with Crippen LogP contribution in [-0.4, -0.2) is 6.71 Å². The van der Waals surface area contributed by atoms with Gasteiger partial charge in [0.05, 0.1) is 28.4 Å². The molecule has 0 N–H and O–H groups in total. The van der Waals surface area contributed by atoms with Crippen molar-refractivity contribution in [3.05, 3.63) is 168 Å². The molecular weight excluding hydrogens is 661 g/mol. The van der Waals surface area contributed by atoms with Crippen molar-refractivity contribution in [3.63, 3.8) is 0 Å². The minimum Gasteiger partial charge on any atom is -0.311 e. The molecule has 53 heavy (non-hydrogen) atoms. The Bertz CT molecular complexity index is 2580. The lowest BCUT2D eigenvalue weighted by molar-refractivity contribution is 0.632. The van der Waals surface area contributed by atoms with Crippen molar-refractivity contribution in [3.8, 4) is 0 Å². The summed E-state index contributed by atoms with van der Waals surface area (Å²) in [6.07, 6.45) is 0. The van der Waals surface area contributed by atoms with E-state index in [0.29, 0.717) is 0 Å². The first-order valence-electron chi connectivity index (χ1n) is 18.7. The Hall–Kier alpha value is -5.65. The molecule has 0 saturated carbocycles. The molecule has 5 heteroatoms. The maximum absolute atomic E-state index is 2.62. The molecule has 12 rings (SSSR count). The van der Waals surface area contributed by atoms with Crippen LogP contribution in [0.25, 0.3) is 0 Å². The average molecular weight is 698 g/mol. The van der Waals surface area contributed by atoms with Crippen LogP contribution in [0.15, 0.2) is 155 Å². The third-order valence-corrected chi connectivity index (χ3v) is 13.9. The number of rotatable bonds is 1. The zero-order valence-corrected chi connectivity index (χ0v) is 31.0. The predicted octanol–water partition coefficient (Wildman–Crippen LogP) is 11.0. The molecule has 252 valence electrons. The van der Waals surface area contributed by atoms with Gasteiger partial charge < -0.3 is 14.7 Å². The molecule has 0 aliphatic carbocycles. The van der Waals surface area contributed by atoms with Gasteiger partial charge in [-0.15, -0.1) is 0 Å². The van der Waals surface area contributed by atoms with Crippen LogP contribution in [0.4, 0.5) is 51.2 Å². The summed E-state index contributed by atoms with van der Waals surface area (Å²) in [5.74, 6) is 0. The first kappa shape index (κ1) is 29.9. The predicted molar refractivity (Wildman–Crippen MR) is 224 cm³/mol. The van der Waals surface area contributed by atoms with E-state index in [1.807, 2.05) is 11.8 Å². The Kier molecular flexibility index (Phi) is 5.67. The maximum Gasteiger partial charge on any atom is 0.252 e. The summed E-state index contributed by atoms with van der Waals surface area (Å²) in [5.41, 5.74) is 20.7. The Morgan fingerprint density at radius 2 is 0.830 bits per heavy atom. The molecule has 0 amide bonds. The SMILES string of the molecule is CC1(C)c2ccccc2N2c3cc(N4c5ccccc5Sc5ccccc54)cc4c3B(c3cccc1c32)c1cccc2c1N4c1ccccc1C2(C)C. The summed E-state index contributed by atoms with van der Waals surface area (Å²) in [5, 5.41) is 0. The number of hydrogen-bond donors (Lipinski definition) is 0. The second-order valence-electron chi connectivity index (χ2n) is 16.1. The lowest BCUT2D eigenvalue weighted by Gasteiger charge is -2.52. The number of nitrogens with zero attached hydrogens (tertiary/aromatic N) is 3. The van der Waals surface area contributed by atoms with Crippen LogP contribution in [0.3, 0.4) is 0 Å². The van der Waals surface area contributed by atoms with E-state index in [2.05, 4.69) is 188 Å². The third-order valence-electron chi connectivity index (χ3n) is 12.8. The first-order chi connectivity index (χ1) is 25.8. The molecule has 7 aromatic carbocycles. The van der Waals surface area contributed by atoms with Gasteiger partial charge in [-0.05, 0) is 87.2 Å². The molecule has 0 unspecified atom stereocenters. The zero-order valence-electron chi connectivity index (χ0n) is 30.2. The van der Waals surface area contributed by atoms with Crippen molar-refractivity contribution in [2.24, 2.45) is 0 Å². The monoisotopic (exact) mass is 697 g/mol. The summed E-state index contributed by atoms with van der Waals surface area (Å²) in [6, 6.07) is 55.1. The van der Waals surface area contributed by atoms with Gasteiger partial charge in [0.15, 0.2) is 0 Å². The van der Waals surface area contributed by atoms with Gasteiger partial charge in [-0.1, -0.05) is 137 Å². The number of benzene rings is 7. The number of hydrogen-bond acceptors (Lipinski definition) is 4. The van der Waals surface area contributed by atoms with Crippen molar-refractivity contribution >= 4 is 86.0 Å². The first-order valence-corrected chi connectivity index (χ1v) is 19.6. The zero-order chi connectivity index (χ0) is 35.4. The second kappa shape index (κ2) is 10.1. The minimum atomic E-state index is -0.157. The quantitative estimate of drug-likeness (QED) is 0.158. The number of anilines is 9. The molecule has 0 atom stereocenters. The smallest absolute Gasteiger partial charge is 0.252 e. The van der Waals surface area contributed by atoms with E-state index >= 15 is 0 Å². The summed E-state index contributed by atoms with van der Waals surface area (Å²) in [7, 11) is 0. The van der Waals surface area contributed by atoms with Gasteiger partial charge in [0, 0.05) is 43.4 Å². The van der Waals surface area contributed by atoms with Gasteiger partial charge in [0.2, 0.25) is 0 Å². The molecule has 0 aromatic heterocycles.